The third-order valence-electron chi connectivity index (χ3n) is 6.22. The summed E-state index contributed by atoms with van der Waals surface area (Å²) in [7, 11) is 0. The standard InChI is InChI=1S/C24H24ClF2N5O2S/c1-23(20-15-28-12-13-29-20,22(34)31-17-6-9-24(26,27)10-7-17)32(21(33)14-25)18-4-2-16(3-5-18)19-8-11-30-35-19/h2-5,8,11-13,15,17H,6-7,9-10,14H2,1H3,(H,31,34)/t23-/m1/s1. The molecule has 0 bridgehead atoms. The third kappa shape index (κ3) is 5.33. The molecule has 3 aromatic rings. The van der Waals surface area contributed by atoms with Crippen molar-refractivity contribution in [3.05, 3.63) is 60.8 Å². The SMILES string of the molecule is C[C@](C(=O)NC1CCC(F)(F)CC1)(c1cnccn1)N(C(=O)CCl)c1ccc(-c2ccns2)cc1. The first-order valence-electron chi connectivity index (χ1n) is 11.1. The quantitative estimate of drug-likeness (QED) is 0.454. The number of carbonyl (C=O) groups is 2. The fourth-order valence-electron chi connectivity index (χ4n) is 4.24. The zero-order chi connectivity index (χ0) is 25.1. The Balaban J connectivity index is 1.72. The smallest absolute Gasteiger partial charge is 0.252 e. The second-order valence-corrected chi connectivity index (χ2v) is 9.65. The molecule has 0 aliphatic heterocycles. The minimum Gasteiger partial charge on any atom is -0.351 e. The molecule has 0 spiro atoms. The molecule has 2 amide bonds. The van der Waals surface area contributed by atoms with Crippen molar-refractivity contribution in [2.75, 3.05) is 10.8 Å². The van der Waals surface area contributed by atoms with E-state index in [1.165, 1.54) is 35.0 Å². The Labute approximate surface area is 210 Å². The molecule has 1 fully saturated rings. The Kier molecular flexibility index (Phi) is 7.42. The van der Waals surface area contributed by atoms with Crippen molar-refractivity contribution in [2.24, 2.45) is 0 Å². The second-order valence-electron chi connectivity index (χ2n) is 8.55. The van der Waals surface area contributed by atoms with Crippen molar-refractivity contribution < 1.29 is 18.4 Å². The normalized spacial score (nSPS) is 17.4. The monoisotopic (exact) mass is 519 g/mol. The summed E-state index contributed by atoms with van der Waals surface area (Å²) < 4.78 is 31.4. The van der Waals surface area contributed by atoms with E-state index in [-0.39, 0.29) is 37.3 Å². The van der Waals surface area contributed by atoms with Crippen molar-refractivity contribution in [1.82, 2.24) is 19.7 Å². The highest BCUT2D eigenvalue weighted by Crippen LogP contribution is 2.37. The Morgan fingerprint density at radius 1 is 1.17 bits per heavy atom. The molecule has 0 radical (unpaired) electrons. The van der Waals surface area contributed by atoms with Crippen molar-refractivity contribution in [1.29, 1.82) is 0 Å². The minimum atomic E-state index is -2.73. The molecule has 1 N–H and O–H groups in total. The van der Waals surface area contributed by atoms with Crippen LogP contribution >= 0.6 is 23.1 Å². The number of anilines is 1. The average molecular weight is 520 g/mol. The molecule has 7 nitrogen and oxygen atoms in total. The summed E-state index contributed by atoms with van der Waals surface area (Å²) in [5.74, 6) is -4.17. The highest BCUT2D eigenvalue weighted by atomic mass is 35.5. The Morgan fingerprint density at radius 2 is 1.89 bits per heavy atom. The number of halogens is 3. The van der Waals surface area contributed by atoms with Crippen molar-refractivity contribution >= 4 is 40.6 Å². The van der Waals surface area contributed by atoms with Crippen LogP contribution in [0.15, 0.2) is 55.1 Å². The van der Waals surface area contributed by atoms with Gasteiger partial charge in [0, 0.05) is 43.2 Å². The number of amides is 2. The Bertz CT molecular complexity index is 1150. The summed E-state index contributed by atoms with van der Waals surface area (Å²) in [6, 6.07) is 8.54. The average Bonchev–Trinajstić information content (AvgIpc) is 3.41. The van der Waals surface area contributed by atoms with Crippen LogP contribution in [0.1, 0.15) is 38.3 Å². The van der Waals surface area contributed by atoms with Crippen LogP contribution < -0.4 is 10.2 Å². The Hall–Kier alpha value is -2.98. The van der Waals surface area contributed by atoms with E-state index in [9.17, 15) is 18.4 Å². The largest absolute Gasteiger partial charge is 0.351 e. The van der Waals surface area contributed by atoms with Gasteiger partial charge in [-0.15, -0.1) is 11.6 Å². The number of benzene rings is 1. The topological polar surface area (TPSA) is 88.1 Å². The number of hydrogen-bond donors (Lipinski definition) is 1. The van der Waals surface area contributed by atoms with E-state index < -0.39 is 29.3 Å². The number of aromatic nitrogens is 3. The van der Waals surface area contributed by atoms with Gasteiger partial charge in [0.25, 0.3) is 5.91 Å². The van der Waals surface area contributed by atoms with Gasteiger partial charge in [0.2, 0.25) is 11.8 Å². The number of carbonyl (C=O) groups excluding carboxylic acids is 2. The number of alkyl halides is 3. The van der Waals surface area contributed by atoms with Crippen LogP contribution in [-0.4, -0.2) is 44.0 Å². The molecule has 0 saturated heterocycles. The predicted molar refractivity (Wildman–Crippen MR) is 130 cm³/mol. The molecule has 1 aliphatic carbocycles. The molecule has 1 atom stereocenters. The van der Waals surface area contributed by atoms with Crippen molar-refractivity contribution in [2.45, 2.75) is 50.1 Å². The molecule has 184 valence electrons. The van der Waals surface area contributed by atoms with Gasteiger partial charge in [0.1, 0.15) is 5.88 Å². The zero-order valence-corrected chi connectivity index (χ0v) is 20.5. The lowest BCUT2D eigenvalue weighted by molar-refractivity contribution is -0.131. The first-order chi connectivity index (χ1) is 16.7. The summed E-state index contributed by atoms with van der Waals surface area (Å²) in [6.45, 7) is 1.56. The van der Waals surface area contributed by atoms with Crippen LogP contribution in [0, 0.1) is 0 Å². The van der Waals surface area contributed by atoms with Gasteiger partial charge in [-0.05, 0) is 55.1 Å². The molecule has 2 aromatic heterocycles. The molecule has 35 heavy (non-hydrogen) atoms. The summed E-state index contributed by atoms with van der Waals surface area (Å²) >= 11 is 7.32. The molecule has 11 heteroatoms. The van der Waals surface area contributed by atoms with Gasteiger partial charge in [0.05, 0.1) is 16.8 Å². The van der Waals surface area contributed by atoms with Crippen LogP contribution in [0.3, 0.4) is 0 Å². The molecule has 4 rings (SSSR count). The minimum absolute atomic E-state index is 0.141. The summed E-state index contributed by atoms with van der Waals surface area (Å²) in [4.78, 5) is 37.6. The van der Waals surface area contributed by atoms with Crippen LogP contribution in [-0.2, 0) is 15.1 Å². The first-order valence-corrected chi connectivity index (χ1v) is 12.4. The van der Waals surface area contributed by atoms with Crippen LogP contribution in [0.4, 0.5) is 14.5 Å². The van der Waals surface area contributed by atoms with E-state index in [1.807, 2.05) is 18.2 Å². The molecule has 1 aliphatic rings. The lowest BCUT2D eigenvalue weighted by atomic mass is 9.89. The van der Waals surface area contributed by atoms with Gasteiger partial charge in [-0.3, -0.25) is 24.5 Å². The molecular weight excluding hydrogens is 496 g/mol. The van der Waals surface area contributed by atoms with Gasteiger partial charge in [-0.2, -0.15) is 0 Å². The first kappa shape index (κ1) is 25.1. The van der Waals surface area contributed by atoms with E-state index in [2.05, 4.69) is 19.7 Å². The maximum Gasteiger partial charge on any atom is 0.252 e. The number of nitrogens with one attached hydrogen (secondary N) is 1. The van der Waals surface area contributed by atoms with Crippen LogP contribution in [0.2, 0.25) is 0 Å². The predicted octanol–water partition coefficient (Wildman–Crippen LogP) is 4.78. The van der Waals surface area contributed by atoms with E-state index in [0.717, 1.165) is 10.4 Å². The van der Waals surface area contributed by atoms with E-state index in [0.29, 0.717) is 5.69 Å². The van der Waals surface area contributed by atoms with E-state index in [1.54, 1.807) is 25.3 Å². The van der Waals surface area contributed by atoms with Gasteiger partial charge in [-0.1, -0.05) is 12.1 Å². The van der Waals surface area contributed by atoms with Gasteiger partial charge < -0.3 is 5.32 Å². The summed E-state index contributed by atoms with van der Waals surface area (Å²) in [6.07, 6.45) is 5.68. The second kappa shape index (κ2) is 10.3. The molecule has 1 saturated carbocycles. The highest BCUT2D eigenvalue weighted by molar-refractivity contribution is 7.09. The fraction of sp³-hybridized carbons (Fsp3) is 0.375. The van der Waals surface area contributed by atoms with Gasteiger partial charge >= 0.3 is 0 Å². The summed E-state index contributed by atoms with van der Waals surface area (Å²) in [5, 5.41) is 2.88. The van der Waals surface area contributed by atoms with Crippen LogP contribution in [0.5, 0.6) is 0 Å². The number of nitrogens with zero attached hydrogens (tertiary/aromatic N) is 4. The zero-order valence-electron chi connectivity index (χ0n) is 19.0. The summed E-state index contributed by atoms with van der Waals surface area (Å²) in [5.41, 5.74) is -0.0685. The highest BCUT2D eigenvalue weighted by Gasteiger charge is 2.47. The molecule has 2 heterocycles. The fourth-order valence-corrected chi connectivity index (χ4v) is 4.96. The Morgan fingerprint density at radius 3 is 2.46 bits per heavy atom. The van der Waals surface area contributed by atoms with Crippen LogP contribution in [0.25, 0.3) is 10.4 Å². The maximum absolute atomic E-state index is 13.8. The van der Waals surface area contributed by atoms with Gasteiger partial charge in [0.15, 0.2) is 5.54 Å². The maximum atomic E-state index is 13.8. The number of rotatable bonds is 7. The van der Waals surface area contributed by atoms with Crippen molar-refractivity contribution in [3.8, 4) is 10.4 Å². The lowest BCUT2D eigenvalue weighted by Crippen LogP contribution is -2.59. The van der Waals surface area contributed by atoms with Gasteiger partial charge in [-0.25, -0.2) is 13.2 Å². The molecule has 0 unspecified atom stereocenters. The number of hydrogen-bond acceptors (Lipinski definition) is 6. The van der Waals surface area contributed by atoms with E-state index in [4.69, 9.17) is 11.6 Å². The lowest BCUT2D eigenvalue weighted by Gasteiger charge is -2.40. The third-order valence-corrected chi connectivity index (χ3v) is 7.24. The van der Waals surface area contributed by atoms with E-state index >= 15 is 0 Å². The molecule has 1 aromatic carbocycles. The molecular formula is C24H24ClF2N5O2S. The van der Waals surface area contributed by atoms with Crippen molar-refractivity contribution in [3.63, 3.8) is 0 Å².